The molecule has 1 aromatic carbocycles. The Morgan fingerprint density at radius 2 is 1.92 bits per heavy atom. The van der Waals surface area contributed by atoms with Crippen LogP contribution in [-0.2, 0) is 16.0 Å². The molecular formula is C18H21Cl2NO3. The molecule has 2 aliphatic rings. The van der Waals surface area contributed by atoms with Crippen LogP contribution in [0.3, 0.4) is 0 Å². The Hall–Kier alpha value is -1.26. The summed E-state index contributed by atoms with van der Waals surface area (Å²) >= 11 is 11.9. The molecule has 1 aliphatic heterocycles. The van der Waals surface area contributed by atoms with E-state index in [1.807, 2.05) is 17.0 Å². The number of aliphatic carboxylic acids is 1. The fourth-order valence-electron chi connectivity index (χ4n) is 3.75. The van der Waals surface area contributed by atoms with Crippen molar-refractivity contribution >= 4 is 35.1 Å². The number of benzene rings is 1. The van der Waals surface area contributed by atoms with Crippen molar-refractivity contribution in [3.8, 4) is 0 Å². The first-order valence-corrected chi connectivity index (χ1v) is 9.11. The van der Waals surface area contributed by atoms with Gasteiger partial charge in [-0.2, -0.15) is 0 Å². The Morgan fingerprint density at radius 3 is 2.50 bits per heavy atom. The van der Waals surface area contributed by atoms with E-state index in [-0.39, 0.29) is 17.2 Å². The summed E-state index contributed by atoms with van der Waals surface area (Å²) in [4.78, 5) is 25.3. The summed E-state index contributed by atoms with van der Waals surface area (Å²) in [6.45, 7) is 1.38. The number of carbonyl (C=O) groups excluding carboxylic acids is 1. The minimum atomic E-state index is -0.684. The first kappa shape index (κ1) is 17.6. The van der Waals surface area contributed by atoms with Crippen molar-refractivity contribution in [1.82, 2.24) is 4.90 Å². The second-order valence-electron chi connectivity index (χ2n) is 6.94. The normalized spacial score (nSPS) is 21.8. The van der Waals surface area contributed by atoms with E-state index in [4.69, 9.17) is 28.3 Å². The summed E-state index contributed by atoms with van der Waals surface area (Å²) in [6, 6.07) is 5.56. The van der Waals surface area contributed by atoms with Crippen LogP contribution in [0.4, 0.5) is 0 Å². The van der Waals surface area contributed by atoms with Gasteiger partial charge in [-0.1, -0.05) is 29.3 Å². The average Bonchev–Trinajstić information content (AvgIpc) is 3.25. The molecule has 1 aliphatic carbocycles. The van der Waals surface area contributed by atoms with Gasteiger partial charge in [0, 0.05) is 19.5 Å². The van der Waals surface area contributed by atoms with Gasteiger partial charge in [0.15, 0.2) is 0 Å². The first-order valence-electron chi connectivity index (χ1n) is 8.36. The number of hydrogen-bond acceptors (Lipinski definition) is 2. The number of halogens is 2. The number of rotatable bonds is 5. The van der Waals surface area contributed by atoms with Gasteiger partial charge >= 0.3 is 5.97 Å². The van der Waals surface area contributed by atoms with Crippen molar-refractivity contribution < 1.29 is 14.7 Å². The monoisotopic (exact) mass is 369 g/mol. The minimum absolute atomic E-state index is 0.0251. The Bertz CT molecular complexity index is 654. The summed E-state index contributed by atoms with van der Waals surface area (Å²) in [7, 11) is 0. The van der Waals surface area contributed by atoms with Gasteiger partial charge in [-0.15, -0.1) is 0 Å². The molecule has 4 nitrogen and oxygen atoms in total. The van der Waals surface area contributed by atoms with E-state index in [0.717, 1.165) is 37.7 Å². The summed E-state index contributed by atoms with van der Waals surface area (Å²) in [5, 5.41) is 10.2. The molecule has 0 radical (unpaired) electrons. The highest BCUT2D eigenvalue weighted by Crippen LogP contribution is 2.59. The standard InChI is InChI=1S/C18H21Cl2NO3/c19-14-5-4-12(10-15(14)20)2-1-3-16(22)21-8-6-18(7-9-21)11-13(18)17(23)24/h4-5,10,13H,1-3,6-9,11H2,(H,23,24). The van der Waals surface area contributed by atoms with E-state index in [2.05, 4.69) is 0 Å². The molecule has 1 unspecified atom stereocenters. The molecule has 6 heteroatoms. The molecule has 0 bridgehead atoms. The molecule has 130 valence electrons. The number of nitrogens with zero attached hydrogens (tertiary/aromatic N) is 1. The van der Waals surface area contributed by atoms with Crippen LogP contribution >= 0.6 is 23.2 Å². The third-order valence-electron chi connectivity index (χ3n) is 5.44. The Kier molecular flexibility index (Phi) is 5.07. The van der Waals surface area contributed by atoms with Crippen molar-refractivity contribution in [2.75, 3.05) is 13.1 Å². The van der Waals surface area contributed by atoms with Crippen molar-refractivity contribution in [2.24, 2.45) is 11.3 Å². The molecule has 3 rings (SSSR count). The number of carbonyl (C=O) groups is 2. The lowest BCUT2D eigenvalue weighted by Gasteiger charge is -2.32. The van der Waals surface area contributed by atoms with Crippen molar-refractivity contribution in [3.63, 3.8) is 0 Å². The van der Waals surface area contributed by atoms with Gasteiger partial charge in [-0.25, -0.2) is 0 Å². The predicted molar refractivity (Wildman–Crippen MR) is 93.4 cm³/mol. The number of aryl methyl sites for hydroxylation is 1. The van der Waals surface area contributed by atoms with Crippen LogP contribution in [0, 0.1) is 11.3 Å². The zero-order valence-electron chi connectivity index (χ0n) is 13.4. The van der Waals surface area contributed by atoms with E-state index in [9.17, 15) is 9.59 Å². The third kappa shape index (κ3) is 3.70. The number of likely N-dealkylation sites (tertiary alicyclic amines) is 1. The van der Waals surface area contributed by atoms with Gasteiger partial charge in [-0.05, 0) is 55.2 Å². The molecule has 1 aromatic rings. The number of carboxylic acid groups (broad SMARTS) is 1. The second-order valence-corrected chi connectivity index (χ2v) is 7.75. The van der Waals surface area contributed by atoms with E-state index in [0.29, 0.717) is 29.6 Å². The van der Waals surface area contributed by atoms with Gasteiger partial charge in [0.05, 0.1) is 16.0 Å². The molecule has 1 heterocycles. The van der Waals surface area contributed by atoms with E-state index >= 15 is 0 Å². The lowest BCUT2D eigenvalue weighted by Crippen LogP contribution is -2.39. The van der Waals surface area contributed by atoms with Crippen LogP contribution in [0.5, 0.6) is 0 Å². The molecule has 24 heavy (non-hydrogen) atoms. The fraction of sp³-hybridized carbons (Fsp3) is 0.556. The van der Waals surface area contributed by atoms with Crippen molar-refractivity contribution in [1.29, 1.82) is 0 Å². The number of hydrogen-bond donors (Lipinski definition) is 1. The summed E-state index contributed by atoms with van der Waals surface area (Å²) < 4.78 is 0. The molecule has 1 N–H and O–H groups in total. The van der Waals surface area contributed by atoms with Crippen LogP contribution in [0.25, 0.3) is 0 Å². The minimum Gasteiger partial charge on any atom is -0.481 e. The lowest BCUT2D eigenvalue weighted by molar-refractivity contribution is -0.139. The molecule has 1 saturated carbocycles. The van der Waals surface area contributed by atoms with Crippen LogP contribution in [0.1, 0.15) is 37.7 Å². The van der Waals surface area contributed by atoms with Crippen LogP contribution in [0.15, 0.2) is 18.2 Å². The second kappa shape index (κ2) is 6.93. The fourth-order valence-corrected chi connectivity index (χ4v) is 4.07. The highest BCUT2D eigenvalue weighted by Gasteiger charge is 2.59. The maximum Gasteiger partial charge on any atom is 0.307 e. The summed E-state index contributed by atoms with van der Waals surface area (Å²) in [5.41, 5.74) is 1.06. The van der Waals surface area contributed by atoms with Gasteiger partial charge in [0.25, 0.3) is 0 Å². The SMILES string of the molecule is O=C(O)C1CC12CCN(C(=O)CCCc1ccc(Cl)c(Cl)c1)CC2. The van der Waals surface area contributed by atoms with E-state index < -0.39 is 5.97 Å². The third-order valence-corrected chi connectivity index (χ3v) is 6.18. The lowest BCUT2D eigenvalue weighted by atomic mass is 9.90. The highest BCUT2D eigenvalue weighted by molar-refractivity contribution is 6.42. The van der Waals surface area contributed by atoms with Crippen molar-refractivity contribution in [2.45, 2.75) is 38.5 Å². The molecule has 1 amide bonds. The summed E-state index contributed by atoms with van der Waals surface area (Å²) in [6.07, 6.45) is 4.50. The van der Waals surface area contributed by atoms with Crippen molar-refractivity contribution in [3.05, 3.63) is 33.8 Å². The van der Waals surface area contributed by atoms with E-state index in [1.165, 1.54) is 0 Å². The highest BCUT2D eigenvalue weighted by atomic mass is 35.5. The predicted octanol–water partition coefficient (Wildman–Crippen LogP) is 4.03. The van der Waals surface area contributed by atoms with E-state index in [1.54, 1.807) is 6.07 Å². The quantitative estimate of drug-likeness (QED) is 0.852. The zero-order valence-corrected chi connectivity index (χ0v) is 14.9. The molecule has 2 fully saturated rings. The molecular weight excluding hydrogens is 349 g/mol. The van der Waals surface area contributed by atoms with Crippen LogP contribution in [0.2, 0.25) is 10.0 Å². The number of piperidine rings is 1. The maximum atomic E-state index is 12.3. The van der Waals surface area contributed by atoms with Crippen LogP contribution < -0.4 is 0 Å². The molecule has 1 saturated heterocycles. The first-order chi connectivity index (χ1) is 11.4. The zero-order chi connectivity index (χ0) is 17.3. The molecule has 1 spiro atoms. The Morgan fingerprint density at radius 1 is 1.21 bits per heavy atom. The maximum absolute atomic E-state index is 12.3. The largest absolute Gasteiger partial charge is 0.481 e. The number of amides is 1. The molecule has 0 aromatic heterocycles. The summed E-state index contributed by atoms with van der Waals surface area (Å²) in [5.74, 6) is -0.710. The Labute approximate surface area is 151 Å². The van der Waals surface area contributed by atoms with Crippen LogP contribution in [-0.4, -0.2) is 35.0 Å². The Balaban J connectivity index is 1.42. The molecule has 1 atom stereocenters. The average molecular weight is 370 g/mol. The topological polar surface area (TPSA) is 57.6 Å². The smallest absolute Gasteiger partial charge is 0.307 e. The van der Waals surface area contributed by atoms with Gasteiger partial charge in [-0.3, -0.25) is 9.59 Å². The van der Waals surface area contributed by atoms with Gasteiger partial charge in [0.2, 0.25) is 5.91 Å². The van der Waals surface area contributed by atoms with Gasteiger partial charge < -0.3 is 10.0 Å². The van der Waals surface area contributed by atoms with Gasteiger partial charge in [0.1, 0.15) is 0 Å². The number of carboxylic acids is 1.